The molecule has 0 nitrogen and oxygen atoms in total. The van der Waals surface area contributed by atoms with Crippen molar-refractivity contribution in [2.24, 2.45) is 0 Å². The van der Waals surface area contributed by atoms with Gasteiger partial charge >= 0.3 is 0 Å². The predicted octanol–water partition coefficient (Wildman–Crippen LogP) is 8.46. The molecule has 0 aliphatic rings. The highest BCUT2D eigenvalue weighted by molar-refractivity contribution is 6.90. The Kier molecular flexibility index (Phi) is 11.5. The first kappa shape index (κ1) is 27.1. The van der Waals surface area contributed by atoms with Gasteiger partial charge in [-0.25, -0.2) is 0 Å². The lowest BCUT2D eigenvalue weighted by atomic mass is 10.0. The normalized spacial score (nSPS) is 12.3. The smallest absolute Gasteiger partial charge is 0.0654 e. The minimum atomic E-state index is -1.27. The van der Waals surface area contributed by atoms with Crippen LogP contribution >= 0.6 is 0 Å². The van der Waals surface area contributed by atoms with Crippen molar-refractivity contribution in [2.45, 2.75) is 116 Å². The number of hydrogen-bond donors (Lipinski definition) is 0. The van der Waals surface area contributed by atoms with Crippen LogP contribution in [0.2, 0.25) is 38.3 Å². The molecule has 0 bridgehead atoms. The molecule has 0 radical (unpaired) electrons. The fourth-order valence-corrected chi connectivity index (χ4v) is 9.79. The molecule has 2 rings (SSSR count). The van der Waals surface area contributed by atoms with E-state index >= 15 is 0 Å². The average Bonchev–Trinajstić information content (AvgIpc) is 2.79. The van der Waals surface area contributed by atoms with Crippen molar-refractivity contribution >= 4 is 26.5 Å². The van der Waals surface area contributed by atoms with E-state index in [1.54, 1.807) is 10.4 Å². The lowest BCUT2D eigenvalue weighted by Gasteiger charge is -2.23. The van der Waals surface area contributed by atoms with Crippen LogP contribution in [0.4, 0.5) is 0 Å². The molecule has 0 saturated heterocycles. The number of benzene rings is 2. The summed E-state index contributed by atoms with van der Waals surface area (Å²) in [5.41, 5.74) is 2.97. The monoisotopic (exact) mass is 466 g/mol. The van der Waals surface area contributed by atoms with E-state index in [0.717, 1.165) is 12.8 Å². The summed E-state index contributed by atoms with van der Waals surface area (Å²) in [7, 11) is -2.55. The predicted molar refractivity (Wildman–Crippen MR) is 152 cm³/mol. The van der Waals surface area contributed by atoms with E-state index in [0.29, 0.717) is 0 Å². The minimum Gasteiger partial charge on any atom is -0.0654 e. The SMILES string of the molecule is CCCCCC[Si](C)(C)c1ccc(CCc2ccc([Si](C)(C)CCCCCC)cc2)cc1. The molecule has 0 N–H and O–H groups in total. The maximum atomic E-state index is 2.55. The summed E-state index contributed by atoms with van der Waals surface area (Å²) in [6.07, 6.45) is 13.4. The second-order valence-corrected chi connectivity index (χ2v) is 21.0. The maximum absolute atomic E-state index is 2.55. The minimum absolute atomic E-state index is 1.15. The molecule has 2 heteroatoms. The first-order chi connectivity index (χ1) is 15.3. The Morgan fingerprint density at radius 3 is 1.12 bits per heavy atom. The fraction of sp³-hybridized carbons (Fsp3) is 0.600. The van der Waals surface area contributed by atoms with Gasteiger partial charge in [0, 0.05) is 0 Å². The molecule has 0 heterocycles. The van der Waals surface area contributed by atoms with Gasteiger partial charge in [-0.05, 0) is 24.0 Å². The molecule has 0 aliphatic carbocycles. The Balaban J connectivity index is 1.85. The summed E-state index contributed by atoms with van der Waals surface area (Å²) in [5.74, 6) is 0. The van der Waals surface area contributed by atoms with E-state index in [1.165, 1.54) is 74.6 Å². The lowest BCUT2D eigenvalue weighted by Crippen LogP contribution is -2.41. The van der Waals surface area contributed by atoms with Crippen LogP contribution < -0.4 is 10.4 Å². The van der Waals surface area contributed by atoms with Crippen LogP contribution in [-0.4, -0.2) is 16.1 Å². The molecule has 0 amide bonds. The van der Waals surface area contributed by atoms with Crippen LogP contribution in [0.1, 0.15) is 76.3 Å². The average molecular weight is 467 g/mol. The topological polar surface area (TPSA) is 0 Å². The van der Waals surface area contributed by atoms with Gasteiger partial charge in [0.1, 0.15) is 0 Å². The standard InChI is InChI=1S/C30H50Si2/c1-7-9-11-13-25-31(3,4)29-21-17-27(18-22-29)15-16-28-19-23-30(24-20-28)32(5,6)26-14-12-10-8-2/h17-24H,7-16,25-26H2,1-6H3. The van der Waals surface area contributed by atoms with Gasteiger partial charge in [-0.2, -0.15) is 0 Å². The zero-order valence-electron chi connectivity index (χ0n) is 22.1. The Bertz CT molecular complexity index is 689. The van der Waals surface area contributed by atoms with Crippen molar-refractivity contribution in [1.29, 1.82) is 0 Å². The van der Waals surface area contributed by atoms with Crippen LogP contribution in [0.3, 0.4) is 0 Å². The van der Waals surface area contributed by atoms with Crippen LogP contribution in [0.15, 0.2) is 48.5 Å². The second kappa shape index (κ2) is 13.5. The third kappa shape index (κ3) is 9.02. The highest BCUT2D eigenvalue weighted by Crippen LogP contribution is 2.18. The van der Waals surface area contributed by atoms with E-state index in [9.17, 15) is 0 Å². The molecule has 0 aliphatic heterocycles. The van der Waals surface area contributed by atoms with E-state index in [2.05, 4.69) is 88.6 Å². The zero-order valence-corrected chi connectivity index (χ0v) is 24.1. The van der Waals surface area contributed by atoms with Gasteiger partial charge < -0.3 is 0 Å². The van der Waals surface area contributed by atoms with Gasteiger partial charge in [0.25, 0.3) is 0 Å². The van der Waals surface area contributed by atoms with Crippen molar-refractivity contribution in [2.75, 3.05) is 0 Å². The Labute approximate surface area is 202 Å². The number of aryl methyl sites for hydroxylation is 2. The first-order valence-electron chi connectivity index (χ1n) is 13.5. The quantitative estimate of drug-likeness (QED) is 0.182. The summed E-state index contributed by atoms with van der Waals surface area (Å²) in [4.78, 5) is 0. The highest BCUT2D eigenvalue weighted by Gasteiger charge is 2.23. The summed E-state index contributed by atoms with van der Waals surface area (Å²) in [6.45, 7) is 14.8. The molecule has 0 saturated carbocycles. The molecule has 0 unspecified atom stereocenters. The largest absolute Gasteiger partial charge is 0.0806 e. The summed E-state index contributed by atoms with van der Waals surface area (Å²) in [6, 6.07) is 22.2. The Morgan fingerprint density at radius 1 is 0.469 bits per heavy atom. The second-order valence-electron chi connectivity index (χ2n) is 11.3. The molecule has 178 valence electrons. The van der Waals surface area contributed by atoms with Gasteiger partial charge in [0.05, 0.1) is 16.1 Å². The molecule has 0 aromatic heterocycles. The Morgan fingerprint density at radius 2 is 0.812 bits per heavy atom. The molecule has 2 aromatic carbocycles. The van der Waals surface area contributed by atoms with Gasteiger partial charge in [0.15, 0.2) is 0 Å². The Hall–Kier alpha value is -1.13. The maximum Gasteiger partial charge on any atom is 0.0806 e. The van der Waals surface area contributed by atoms with Crippen LogP contribution in [0.25, 0.3) is 0 Å². The van der Waals surface area contributed by atoms with E-state index in [4.69, 9.17) is 0 Å². The highest BCUT2D eigenvalue weighted by atomic mass is 28.3. The summed E-state index contributed by atoms with van der Waals surface area (Å²) < 4.78 is 0. The molecule has 32 heavy (non-hydrogen) atoms. The number of rotatable bonds is 15. The third-order valence-electron chi connectivity index (χ3n) is 7.48. The van der Waals surface area contributed by atoms with Crippen LogP contribution in [0.5, 0.6) is 0 Å². The molecule has 2 aromatic rings. The van der Waals surface area contributed by atoms with E-state index in [-0.39, 0.29) is 0 Å². The van der Waals surface area contributed by atoms with Gasteiger partial charge in [-0.1, -0.05) is 162 Å². The van der Waals surface area contributed by atoms with Gasteiger partial charge in [-0.15, -0.1) is 0 Å². The summed E-state index contributed by atoms with van der Waals surface area (Å²) in [5, 5.41) is 3.27. The first-order valence-corrected chi connectivity index (χ1v) is 19.9. The van der Waals surface area contributed by atoms with Crippen molar-refractivity contribution in [3.8, 4) is 0 Å². The lowest BCUT2D eigenvalue weighted by molar-refractivity contribution is 0.697. The third-order valence-corrected chi connectivity index (χ3v) is 14.5. The van der Waals surface area contributed by atoms with Crippen molar-refractivity contribution in [3.63, 3.8) is 0 Å². The zero-order chi connectivity index (χ0) is 23.5. The van der Waals surface area contributed by atoms with Crippen molar-refractivity contribution in [1.82, 2.24) is 0 Å². The van der Waals surface area contributed by atoms with Gasteiger partial charge in [0.2, 0.25) is 0 Å². The number of unbranched alkanes of at least 4 members (excludes halogenated alkanes) is 6. The van der Waals surface area contributed by atoms with Crippen LogP contribution in [-0.2, 0) is 12.8 Å². The van der Waals surface area contributed by atoms with Crippen molar-refractivity contribution in [3.05, 3.63) is 59.7 Å². The molecule has 0 fully saturated rings. The van der Waals surface area contributed by atoms with E-state index < -0.39 is 16.1 Å². The molecular weight excluding hydrogens is 417 g/mol. The number of hydrogen-bond acceptors (Lipinski definition) is 0. The van der Waals surface area contributed by atoms with E-state index in [1.807, 2.05) is 0 Å². The summed E-state index contributed by atoms with van der Waals surface area (Å²) >= 11 is 0. The van der Waals surface area contributed by atoms with Gasteiger partial charge in [-0.3, -0.25) is 0 Å². The fourth-order valence-electron chi connectivity index (χ4n) is 4.81. The van der Waals surface area contributed by atoms with Crippen LogP contribution in [0, 0.1) is 0 Å². The van der Waals surface area contributed by atoms with Crippen molar-refractivity contribution < 1.29 is 0 Å². The molecular formula is C30H50Si2. The molecule has 0 spiro atoms. The molecule has 0 atom stereocenters.